The average molecular weight is 366 g/mol. The molecule has 2 aromatic rings. The first kappa shape index (κ1) is 17.3. The molecule has 2 aromatic heterocycles. The molecule has 2 unspecified atom stereocenters. The van der Waals surface area contributed by atoms with Crippen LogP contribution in [0.5, 0.6) is 11.6 Å². The van der Waals surface area contributed by atoms with Gasteiger partial charge in [0, 0.05) is 19.3 Å². The van der Waals surface area contributed by atoms with E-state index in [-0.39, 0.29) is 40.5 Å². The quantitative estimate of drug-likeness (QED) is 0.463. The SMILES string of the molecule is CC1CN(c2ncnc(Oc3cccnc3Cl)c2[N+](=O)[O-])CC(C)O1. The Labute approximate surface area is 148 Å². The monoisotopic (exact) mass is 365 g/mol. The molecule has 1 aliphatic rings. The number of morpholine rings is 1. The van der Waals surface area contributed by atoms with Gasteiger partial charge in [0.25, 0.3) is 0 Å². The van der Waals surface area contributed by atoms with E-state index in [1.807, 2.05) is 13.8 Å². The van der Waals surface area contributed by atoms with Gasteiger partial charge < -0.3 is 14.4 Å². The summed E-state index contributed by atoms with van der Waals surface area (Å²) in [6.07, 6.45) is 2.57. The molecule has 0 saturated carbocycles. The normalized spacial score (nSPS) is 20.4. The number of ether oxygens (including phenoxy) is 2. The second-order valence-corrected chi connectivity index (χ2v) is 6.02. The van der Waals surface area contributed by atoms with Gasteiger partial charge in [0.1, 0.15) is 6.33 Å². The van der Waals surface area contributed by atoms with Gasteiger partial charge in [-0.15, -0.1) is 0 Å². The summed E-state index contributed by atoms with van der Waals surface area (Å²) in [5.41, 5.74) is -0.316. The van der Waals surface area contributed by atoms with Gasteiger partial charge >= 0.3 is 11.6 Å². The minimum Gasteiger partial charge on any atom is -0.430 e. The largest absolute Gasteiger partial charge is 0.430 e. The van der Waals surface area contributed by atoms with Gasteiger partial charge in [0.15, 0.2) is 10.9 Å². The van der Waals surface area contributed by atoms with Crippen molar-refractivity contribution in [1.29, 1.82) is 0 Å². The Morgan fingerprint density at radius 1 is 1.32 bits per heavy atom. The fourth-order valence-electron chi connectivity index (χ4n) is 2.72. The maximum Gasteiger partial charge on any atom is 0.373 e. The highest BCUT2D eigenvalue weighted by molar-refractivity contribution is 6.30. The molecule has 1 fully saturated rings. The highest BCUT2D eigenvalue weighted by atomic mass is 35.5. The lowest BCUT2D eigenvalue weighted by molar-refractivity contribution is -0.385. The second kappa shape index (κ2) is 7.16. The number of rotatable bonds is 4. The Morgan fingerprint density at radius 2 is 2.04 bits per heavy atom. The van der Waals surface area contributed by atoms with Crippen molar-refractivity contribution in [2.45, 2.75) is 26.1 Å². The zero-order valence-corrected chi connectivity index (χ0v) is 14.4. The Kier molecular flexibility index (Phi) is 4.95. The number of nitrogens with zero attached hydrogens (tertiary/aromatic N) is 5. The summed E-state index contributed by atoms with van der Waals surface area (Å²) >= 11 is 5.96. The molecule has 0 spiro atoms. The molecule has 0 amide bonds. The smallest absolute Gasteiger partial charge is 0.373 e. The molecule has 3 heterocycles. The molecule has 0 radical (unpaired) electrons. The van der Waals surface area contributed by atoms with Crippen LogP contribution in [0, 0.1) is 10.1 Å². The predicted octanol–water partition coefficient (Wildman–Crippen LogP) is 2.84. The highest BCUT2D eigenvalue weighted by Gasteiger charge is 2.33. The average Bonchev–Trinajstić information content (AvgIpc) is 2.55. The van der Waals surface area contributed by atoms with E-state index in [0.29, 0.717) is 13.1 Å². The molecule has 3 rings (SSSR count). The van der Waals surface area contributed by atoms with Gasteiger partial charge in [0.2, 0.25) is 5.82 Å². The van der Waals surface area contributed by atoms with E-state index in [4.69, 9.17) is 21.1 Å². The summed E-state index contributed by atoms with van der Waals surface area (Å²) in [6.45, 7) is 4.77. The van der Waals surface area contributed by atoms with Crippen LogP contribution in [0.3, 0.4) is 0 Å². The molecule has 25 heavy (non-hydrogen) atoms. The molecule has 0 aromatic carbocycles. The second-order valence-electron chi connectivity index (χ2n) is 5.66. The van der Waals surface area contributed by atoms with Gasteiger partial charge in [-0.2, -0.15) is 4.98 Å². The minimum atomic E-state index is -0.556. The Balaban J connectivity index is 2.00. The van der Waals surface area contributed by atoms with Gasteiger partial charge in [-0.05, 0) is 26.0 Å². The maximum absolute atomic E-state index is 11.7. The van der Waals surface area contributed by atoms with Crippen LogP contribution in [-0.2, 0) is 4.74 Å². The molecule has 2 atom stereocenters. The number of halogens is 1. The number of anilines is 1. The van der Waals surface area contributed by atoms with Gasteiger partial charge in [-0.25, -0.2) is 9.97 Å². The lowest BCUT2D eigenvalue weighted by Gasteiger charge is -2.35. The number of pyridine rings is 1. The third-order valence-corrected chi connectivity index (χ3v) is 3.89. The molecule has 0 N–H and O–H groups in total. The van der Waals surface area contributed by atoms with Crippen LogP contribution in [-0.4, -0.2) is 45.2 Å². The van der Waals surface area contributed by atoms with Gasteiger partial charge in [-0.1, -0.05) is 11.6 Å². The van der Waals surface area contributed by atoms with Crippen molar-refractivity contribution in [3.8, 4) is 11.6 Å². The van der Waals surface area contributed by atoms with Crippen LogP contribution in [0.15, 0.2) is 24.7 Å². The molecular weight excluding hydrogens is 350 g/mol. The zero-order chi connectivity index (χ0) is 18.0. The molecule has 9 nitrogen and oxygen atoms in total. The van der Waals surface area contributed by atoms with Crippen molar-refractivity contribution in [2.75, 3.05) is 18.0 Å². The molecule has 10 heteroatoms. The van der Waals surface area contributed by atoms with E-state index in [1.165, 1.54) is 12.5 Å². The van der Waals surface area contributed by atoms with E-state index in [9.17, 15) is 10.1 Å². The Bertz CT molecular complexity index is 780. The number of aromatic nitrogens is 3. The fraction of sp³-hybridized carbons (Fsp3) is 0.400. The van der Waals surface area contributed by atoms with E-state index in [0.717, 1.165) is 0 Å². The van der Waals surface area contributed by atoms with E-state index in [2.05, 4.69) is 15.0 Å². The zero-order valence-electron chi connectivity index (χ0n) is 13.6. The topological polar surface area (TPSA) is 104 Å². The minimum absolute atomic E-state index is 0.0737. The van der Waals surface area contributed by atoms with Crippen LogP contribution in [0.2, 0.25) is 5.15 Å². The van der Waals surface area contributed by atoms with Crippen molar-refractivity contribution < 1.29 is 14.4 Å². The summed E-state index contributed by atoms with van der Waals surface area (Å²) < 4.78 is 11.2. The first-order valence-corrected chi connectivity index (χ1v) is 8.01. The van der Waals surface area contributed by atoms with Crippen LogP contribution < -0.4 is 9.64 Å². The number of hydrogen-bond acceptors (Lipinski definition) is 8. The van der Waals surface area contributed by atoms with Gasteiger partial charge in [-0.3, -0.25) is 10.1 Å². The molecule has 1 saturated heterocycles. The van der Waals surface area contributed by atoms with Crippen molar-refractivity contribution in [2.24, 2.45) is 0 Å². The molecule has 1 aliphatic heterocycles. The summed E-state index contributed by atoms with van der Waals surface area (Å²) in [4.78, 5) is 24.8. The third-order valence-electron chi connectivity index (χ3n) is 3.60. The first-order chi connectivity index (χ1) is 12.0. The van der Waals surface area contributed by atoms with E-state index < -0.39 is 4.92 Å². The third kappa shape index (κ3) is 3.77. The van der Waals surface area contributed by atoms with Crippen LogP contribution in [0.25, 0.3) is 0 Å². The van der Waals surface area contributed by atoms with E-state index in [1.54, 1.807) is 17.0 Å². The fourth-order valence-corrected chi connectivity index (χ4v) is 2.88. The Hall–Kier alpha value is -2.52. The van der Waals surface area contributed by atoms with Crippen LogP contribution >= 0.6 is 11.6 Å². The van der Waals surface area contributed by atoms with Crippen molar-refractivity contribution in [3.63, 3.8) is 0 Å². The Morgan fingerprint density at radius 3 is 2.68 bits per heavy atom. The van der Waals surface area contributed by atoms with E-state index >= 15 is 0 Å². The predicted molar refractivity (Wildman–Crippen MR) is 90.2 cm³/mol. The van der Waals surface area contributed by atoms with Crippen molar-refractivity contribution in [3.05, 3.63) is 39.9 Å². The molecule has 0 bridgehead atoms. The lowest BCUT2D eigenvalue weighted by atomic mass is 10.2. The molecule has 0 aliphatic carbocycles. The molecular formula is C15H16ClN5O4. The van der Waals surface area contributed by atoms with Crippen LogP contribution in [0.4, 0.5) is 11.5 Å². The van der Waals surface area contributed by atoms with Crippen molar-refractivity contribution in [1.82, 2.24) is 15.0 Å². The summed E-state index contributed by atoms with van der Waals surface area (Å²) in [6, 6.07) is 3.17. The van der Waals surface area contributed by atoms with Crippen molar-refractivity contribution >= 4 is 23.1 Å². The lowest BCUT2D eigenvalue weighted by Crippen LogP contribution is -2.46. The summed E-state index contributed by atoms with van der Waals surface area (Å²) in [7, 11) is 0. The highest BCUT2D eigenvalue weighted by Crippen LogP contribution is 2.38. The van der Waals surface area contributed by atoms with Crippen LogP contribution in [0.1, 0.15) is 13.8 Å². The van der Waals surface area contributed by atoms with Gasteiger partial charge in [0.05, 0.1) is 17.1 Å². The number of hydrogen-bond donors (Lipinski definition) is 0. The maximum atomic E-state index is 11.7. The summed E-state index contributed by atoms with van der Waals surface area (Å²) in [5, 5.41) is 11.8. The molecule has 132 valence electrons. The number of nitro groups is 1. The first-order valence-electron chi connectivity index (χ1n) is 7.64. The standard InChI is InChI=1S/C15H16ClN5O4/c1-9-6-20(7-10(2)24-9)14-12(21(22)23)15(19-8-18-14)25-11-4-3-5-17-13(11)16/h3-5,8-10H,6-7H2,1-2H3. The summed E-state index contributed by atoms with van der Waals surface area (Å²) in [5.74, 6) is 0.189.